The van der Waals surface area contributed by atoms with E-state index in [2.05, 4.69) is 20.3 Å². The fraction of sp³-hybridized carbons (Fsp3) is 0.231. The SMILES string of the molecule is COc1nc(-c2ccccc2)nc2c1nnn2CCCl. The molecule has 3 aromatic rings. The minimum atomic E-state index is 0.412. The number of aryl methyl sites for hydroxylation is 1. The summed E-state index contributed by atoms with van der Waals surface area (Å²) in [7, 11) is 1.55. The van der Waals surface area contributed by atoms with Crippen molar-refractivity contribution in [3.63, 3.8) is 0 Å². The van der Waals surface area contributed by atoms with Gasteiger partial charge in [-0.25, -0.2) is 9.67 Å². The Kier molecular flexibility index (Phi) is 3.47. The molecule has 20 heavy (non-hydrogen) atoms. The Morgan fingerprint density at radius 1 is 1.20 bits per heavy atom. The van der Waals surface area contributed by atoms with Gasteiger partial charge in [0.05, 0.1) is 13.7 Å². The molecule has 0 N–H and O–H groups in total. The van der Waals surface area contributed by atoms with Crippen molar-refractivity contribution in [2.24, 2.45) is 0 Å². The minimum absolute atomic E-state index is 0.412. The van der Waals surface area contributed by atoms with Crippen molar-refractivity contribution in [3.8, 4) is 17.3 Å². The summed E-state index contributed by atoms with van der Waals surface area (Å²) in [4.78, 5) is 8.90. The molecule has 0 aliphatic rings. The molecule has 1 aromatic carbocycles. The topological polar surface area (TPSA) is 65.7 Å². The Bertz CT molecular complexity index is 728. The first-order valence-electron chi connectivity index (χ1n) is 6.10. The molecule has 3 rings (SSSR count). The summed E-state index contributed by atoms with van der Waals surface area (Å²) in [6.45, 7) is 0.534. The van der Waals surface area contributed by atoms with Gasteiger partial charge in [-0.05, 0) is 0 Å². The average Bonchev–Trinajstić information content (AvgIpc) is 2.91. The van der Waals surface area contributed by atoms with E-state index in [1.165, 1.54) is 0 Å². The van der Waals surface area contributed by atoms with E-state index in [0.29, 0.717) is 35.3 Å². The maximum absolute atomic E-state index is 5.76. The number of aromatic nitrogens is 5. The van der Waals surface area contributed by atoms with Gasteiger partial charge >= 0.3 is 0 Å². The minimum Gasteiger partial charge on any atom is -0.479 e. The number of hydrogen-bond acceptors (Lipinski definition) is 5. The molecule has 2 aromatic heterocycles. The van der Waals surface area contributed by atoms with E-state index in [-0.39, 0.29) is 0 Å². The second-order valence-electron chi connectivity index (χ2n) is 4.10. The first kappa shape index (κ1) is 12.8. The predicted octanol–water partition coefficient (Wildman–Crippen LogP) is 2.14. The molecular formula is C13H12ClN5O. The van der Waals surface area contributed by atoms with Crippen molar-refractivity contribution < 1.29 is 4.74 Å². The van der Waals surface area contributed by atoms with Gasteiger partial charge < -0.3 is 4.74 Å². The van der Waals surface area contributed by atoms with Gasteiger partial charge in [0.2, 0.25) is 5.88 Å². The zero-order valence-corrected chi connectivity index (χ0v) is 11.6. The lowest BCUT2D eigenvalue weighted by Crippen LogP contribution is -2.03. The van der Waals surface area contributed by atoms with Crippen LogP contribution in [0.2, 0.25) is 0 Å². The Labute approximate surface area is 120 Å². The highest BCUT2D eigenvalue weighted by molar-refractivity contribution is 6.17. The van der Waals surface area contributed by atoms with Crippen molar-refractivity contribution in [2.45, 2.75) is 6.54 Å². The largest absolute Gasteiger partial charge is 0.479 e. The molecule has 7 heteroatoms. The molecule has 2 heterocycles. The van der Waals surface area contributed by atoms with Crippen molar-refractivity contribution >= 4 is 22.8 Å². The van der Waals surface area contributed by atoms with Crippen LogP contribution in [0, 0.1) is 0 Å². The normalized spacial score (nSPS) is 10.9. The van der Waals surface area contributed by atoms with Crippen molar-refractivity contribution in [3.05, 3.63) is 30.3 Å². The molecule has 0 atom stereocenters. The van der Waals surface area contributed by atoms with Gasteiger partial charge in [-0.2, -0.15) is 4.98 Å². The average molecular weight is 290 g/mol. The number of nitrogens with zero attached hydrogens (tertiary/aromatic N) is 5. The highest BCUT2D eigenvalue weighted by Gasteiger charge is 2.15. The highest BCUT2D eigenvalue weighted by atomic mass is 35.5. The van der Waals surface area contributed by atoms with Gasteiger partial charge in [-0.1, -0.05) is 35.5 Å². The first-order valence-corrected chi connectivity index (χ1v) is 6.63. The third-order valence-electron chi connectivity index (χ3n) is 2.85. The van der Waals surface area contributed by atoms with E-state index in [9.17, 15) is 0 Å². The van der Waals surface area contributed by atoms with Crippen LogP contribution in [-0.4, -0.2) is 38.0 Å². The van der Waals surface area contributed by atoms with E-state index in [1.807, 2.05) is 30.3 Å². The third-order valence-corrected chi connectivity index (χ3v) is 3.02. The molecule has 102 valence electrons. The number of rotatable bonds is 4. The van der Waals surface area contributed by atoms with Crippen LogP contribution < -0.4 is 4.74 Å². The van der Waals surface area contributed by atoms with E-state index in [0.717, 1.165) is 5.56 Å². The predicted molar refractivity (Wildman–Crippen MR) is 75.8 cm³/mol. The number of halogens is 1. The number of fused-ring (bicyclic) bond motifs is 1. The first-order chi connectivity index (χ1) is 9.83. The van der Waals surface area contributed by atoms with Gasteiger partial charge in [-0.15, -0.1) is 16.7 Å². The van der Waals surface area contributed by atoms with Crippen LogP contribution in [0.15, 0.2) is 30.3 Å². The second-order valence-corrected chi connectivity index (χ2v) is 4.47. The summed E-state index contributed by atoms with van der Waals surface area (Å²) in [6, 6.07) is 9.69. The zero-order chi connectivity index (χ0) is 13.9. The quantitative estimate of drug-likeness (QED) is 0.689. The van der Waals surface area contributed by atoms with Gasteiger partial charge in [0.1, 0.15) is 0 Å². The van der Waals surface area contributed by atoms with Gasteiger partial charge in [0.15, 0.2) is 17.0 Å². The second kappa shape index (κ2) is 5.42. The number of methoxy groups -OCH3 is 1. The maximum atomic E-state index is 5.76. The fourth-order valence-electron chi connectivity index (χ4n) is 1.92. The van der Waals surface area contributed by atoms with Crippen LogP contribution >= 0.6 is 11.6 Å². The summed E-state index contributed by atoms with van der Waals surface area (Å²) < 4.78 is 6.93. The standard InChI is InChI=1S/C13H12ClN5O/c1-20-13-10-12(19(8-7-14)18-17-10)15-11(16-13)9-5-3-2-4-6-9/h2-6H,7-8H2,1H3. The number of hydrogen-bond donors (Lipinski definition) is 0. The molecule has 0 aliphatic heterocycles. The van der Waals surface area contributed by atoms with Crippen molar-refractivity contribution in [1.29, 1.82) is 0 Å². The number of alkyl halides is 1. The molecule has 0 unspecified atom stereocenters. The lowest BCUT2D eigenvalue weighted by molar-refractivity contribution is 0.402. The lowest BCUT2D eigenvalue weighted by atomic mass is 10.2. The van der Waals surface area contributed by atoms with Crippen LogP contribution in [-0.2, 0) is 6.54 Å². The summed E-state index contributed by atoms with van der Waals surface area (Å²) in [5, 5.41) is 8.08. The summed E-state index contributed by atoms with van der Waals surface area (Å²) in [6.07, 6.45) is 0. The number of benzene rings is 1. The van der Waals surface area contributed by atoms with Gasteiger partial charge in [0, 0.05) is 11.4 Å². The molecule has 6 nitrogen and oxygen atoms in total. The molecular weight excluding hydrogens is 278 g/mol. The molecule has 0 saturated carbocycles. The summed E-state index contributed by atoms with van der Waals surface area (Å²) in [5.74, 6) is 1.42. The molecule has 0 saturated heterocycles. The molecule has 0 spiro atoms. The van der Waals surface area contributed by atoms with Gasteiger partial charge in [-0.3, -0.25) is 0 Å². The third kappa shape index (κ3) is 2.18. The fourth-order valence-corrected chi connectivity index (χ4v) is 2.08. The zero-order valence-electron chi connectivity index (χ0n) is 10.8. The molecule has 0 bridgehead atoms. The Morgan fingerprint density at radius 2 is 2.00 bits per heavy atom. The van der Waals surface area contributed by atoms with Gasteiger partial charge in [0.25, 0.3) is 0 Å². The Morgan fingerprint density at radius 3 is 2.70 bits per heavy atom. The van der Waals surface area contributed by atoms with Crippen molar-refractivity contribution in [1.82, 2.24) is 25.0 Å². The van der Waals surface area contributed by atoms with E-state index < -0.39 is 0 Å². The maximum Gasteiger partial charge on any atom is 0.247 e. The van der Waals surface area contributed by atoms with Crippen LogP contribution in [0.5, 0.6) is 5.88 Å². The molecule has 0 fully saturated rings. The van der Waals surface area contributed by atoms with Crippen LogP contribution in [0.4, 0.5) is 0 Å². The Hall–Kier alpha value is -2.21. The van der Waals surface area contributed by atoms with Crippen LogP contribution in [0.3, 0.4) is 0 Å². The van der Waals surface area contributed by atoms with E-state index >= 15 is 0 Å². The molecule has 0 aliphatic carbocycles. The highest BCUT2D eigenvalue weighted by Crippen LogP contribution is 2.24. The summed E-state index contributed by atoms with van der Waals surface area (Å²) in [5.41, 5.74) is 2.07. The lowest BCUT2D eigenvalue weighted by Gasteiger charge is -2.05. The van der Waals surface area contributed by atoms with Crippen LogP contribution in [0.25, 0.3) is 22.6 Å². The van der Waals surface area contributed by atoms with E-state index in [1.54, 1.807) is 11.8 Å². The smallest absolute Gasteiger partial charge is 0.247 e. The van der Waals surface area contributed by atoms with Crippen molar-refractivity contribution in [2.75, 3.05) is 13.0 Å². The molecule has 0 amide bonds. The van der Waals surface area contributed by atoms with Crippen LogP contribution in [0.1, 0.15) is 0 Å². The summed E-state index contributed by atoms with van der Waals surface area (Å²) >= 11 is 5.76. The Balaban J connectivity index is 2.21. The van der Waals surface area contributed by atoms with E-state index in [4.69, 9.17) is 16.3 Å². The number of ether oxygens (including phenoxy) is 1. The molecule has 0 radical (unpaired) electrons. The monoisotopic (exact) mass is 289 g/mol.